The van der Waals surface area contributed by atoms with E-state index in [9.17, 15) is 0 Å². The fourth-order valence-electron chi connectivity index (χ4n) is 1.88. The van der Waals surface area contributed by atoms with E-state index in [-0.39, 0.29) is 11.9 Å². The molecule has 1 aromatic rings. The van der Waals surface area contributed by atoms with Crippen LogP contribution in [0.5, 0.6) is 0 Å². The Morgan fingerprint density at radius 1 is 1.35 bits per heavy atom. The van der Waals surface area contributed by atoms with Gasteiger partial charge in [-0.2, -0.15) is 0 Å². The number of aromatic nitrogens is 2. The van der Waals surface area contributed by atoms with Crippen LogP contribution in [0.3, 0.4) is 0 Å². The Bertz CT molecular complexity index is 471. The highest BCUT2D eigenvalue weighted by atomic mass is 16.4. The molecule has 0 aliphatic carbocycles. The molecule has 0 fully saturated rings. The van der Waals surface area contributed by atoms with E-state index in [0.29, 0.717) is 24.8 Å². The number of amidine groups is 1. The van der Waals surface area contributed by atoms with Crippen LogP contribution in [0, 0.1) is 6.92 Å². The minimum atomic E-state index is 0.215. The van der Waals surface area contributed by atoms with Gasteiger partial charge in [-0.15, -0.1) is 0 Å². The molecule has 1 aromatic heterocycles. The maximum absolute atomic E-state index is 8.63. The molecule has 0 spiro atoms. The summed E-state index contributed by atoms with van der Waals surface area (Å²) in [5.74, 6) is 1.27. The van der Waals surface area contributed by atoms with E-state index in [4.69, 9.17) is 10.9 Å². The van der Waals surface area contributed by atoms with Gasteiger partial charge in [-0.1, -0.05) is 19.0 Å². The summed E-state index contributed by atoms with van der Waals surface area (Å²) in [5, 5.41) is 11.6. The summed E-state index contributed by atoms with van der Waals surface area (Å²) in [6.45, 7) is 11.0. The molecule has 0 bridgehead atoms. The normalized spacial score (nSPS) is 12.2. The van der Waals surface area contributed by atoms with E-state index in [2.05, 4.69) is 47.7 Å². The van der Waals surface area contributed by atoms with Crippen molar-refractivity contribution in [2.75, 3.05) is 11.4 Å². The van der Waals surface area contributed by atoms with Crippen LogP contribution < -0.4 is 10.6 Å². The van der Waals surface area contributed by atoms with Crippen LogP contribution in [0.15, 0.2) is 11.2 Å². The molecular weight excluding hydrogens is 254 g/mol. The smallest absolute Gasteiger partial charge is 0.226 e. The number of nitrogens with zero attached hydrogens (tertiary/aromatic N) is 4. The number of hydrogen-bond donors (Lipinski definition) is 2. The molecule has 1 rings (SSSR count). The highest BCUT2D eigenvalue weighted by Gasteiger charge is 2.16. The van der Waals surface area contributed by atoms with Crippen LogP contribution in [0.1, 0.15) is 51.4 Å². The largest absolute Gasteiger partial charge is 0.409 e. The van der Waals surface area contributed by atoms with Crippen LogP contribution in [0.4, 0.5) is 5.95 Å². The van der Waals surface area contributed by atoms with Crippen LogP contribution in [-0.2, 0) is 0 Å². The van der Waals surface area contributed by atoms with Crippen molar-refractivity contribution >= 4 is 11.8 Å². The van der Waals surface area contributed by atoms with E-state index in [1.807, 2.05) is 13.0 Å². The van der Waals surface area contributed by atoms with Crippen LogP contribution in [0.25, 0.3) is 0 Å². The van der Waals surface area contributed by atoms with Gasteiger partial charge < -0.3 is 15.8 Å². The molecule has 0 unspecified atom stereocenters. The summed E-state index contributed by atoms with van der Waals surface area (Å²) < 4.78 is 0. The van der Waals surface area contributed by atoms with E-state index < -0.39 is 0 Å². The first-order chi connectivity index (χ1) is 9.35. The molecule has 0 amide bonds. The Kier molecular flexibility index (Phi) is 5.73. The second-order valence-corrected chi connectivity index (χ2v) is 5.52. The Morgan fingerprint density at radius 3 is 2.50 bits per heavy atom. The third-order valence-corrected chi connectivity index (χ3v) is 3.07. The lowest BCUT2D eigenvalue weighted by Gasteiger charge is -2.27. The second-order valence-electron chi connectivity index (χ2n) is 5.52. The lowest BCUT2D eigenvalue weighted by molar-refractivity contribution is 0.317. The SMILES string of the molecule is Cc1cc(C(C)C)nc(N(CC/C(N)=N/O)C(C)C)n1. The summed E-state index contributed by atoms with van der Waals surface area (Å²) in [7, 11) is 0. The number of anilines is 1. The zero-order valence-corrected chi connectivity index (χ0v) is 13.0. The molecule has 0 radical (unpaired) electrons. The van der Waals surface area contributed by atoms with Gasteiger partial charge in [-0.05, 0) is 32.8 Å². The first-order valence-electron chi connectivity index (χ1n) is 6.93. The maximum Gasteiger partial charge on any atom is 0.226 e. The third kappa shape index (κ3) is 4.36. The molecule has 3 N–H and O–H groups in total. The maximum atomic E-state index is 8.63. The minimum Gasteiger partial charge on any atom is -0.409 e. The van der Waals surface area contributed by atoms with Gasteiger partial charge in [-0.25, -0.2) is 9.97 Å². The third-order valence-electron chi connectivity index (χ3n) is 3.07. The van der Waals surface area contributed by atoms with Crippen molar-refractivity contribution in [1.82, 2.24) is 9.97 Å². The predicted molar refractivity (Wildman–Crippen MR) is 81.4 cm³/mol. The van der Waals surface area contributed by atoms with Gasteiger partial charge in [0.2, 0.25) is 5.95 Å². The monoisotopic (exact) mass is 279 g/mol. The van der Waals surface area contributed by atoms with Gasteiger partial charge in [0.25, 0.3) is 0 Å². The van der Waals surface area contributed by atoms with Crippen LogP contribution in [0.2, 0.25) is 0 Å². The molecule has 0 aliphatic heterocycles. The van der Waals surface area contributed by atoms with Crippen LogP contribution in [-0.4, -0.2) is 33.6 Å². The number of nitrogens with two attached hydrogens (primary N) is 1. The minimum absolute atomic E-state index is 0.215. The van der Waals surface area contributed by atoms with Crippen molar-refractivity contribution < 1.29 is 5.21 Å². The fourth-order valence-corrected chi connectivity index (χ4v) is 1.88. The average molecular weight is 279 g/mol. The van der Waals surface area contributed by atoms with E-state index >= 15 is 0 Å². The number of rotatable bonds is 6. The summed E-state index contributed by atoms with van der Waals surface area (Å²) in [4.78, 5) is 11.2. The molecule has 112 valence electrons. The first kappa shape index (κ1) is 16.2. The predicted octanol–water partition coefficient (Wildman–Crippen LogP) is 2.26. The zero-order chi connectivity index (χ0) is 15.3. The lowest BCUT2D eigenvalue weighted by atomic mass is 10.1. The highest BCUT2D eigenvalue weighted by Crippen LogP contribution is 2.18. The summed E-state index contributed by atoms with van der Waals surface area (Å²) >= 11 is 0. The standard InChI is InChI=1S/C14H25N5O/c1-9(2)12-8-11(5)16-14(17-12)19(10(3)4)7-6-13(15)18-20/h8-10,20H,6-7H2,1-5H3,(H2,15,18). The Balaban J connectivity index is 3.02. The first-order valence-corrected chi connectivity index (χ1v) is 6.93. The lowest BCUT2D eigenvalue weighted by Crippen LogP contribution is -2.35. The van der Waals surface area contributed by atoms with E-state index in [1.54, 1.807) is 0 Å². The Hall–Kier alpha value is -1.85. The van der Waals surface area contributed by atoms with Crippen molar-refractivity contribution in [3.8, 4) is 0 Å². The van der Waals surface area contributed by atoms with Gasteiger partial charge in [-0.3, -0.25) is 0 Å². The fraction of sp³-hybridized carbons (Fsp3) is 0.643. The summed E-state index contributed by atoms with van der Waals surface area (Å²) in [6, 6.07) is 2.25. The molecule has 6 nitrogen and oxygen atoms in total. The van der Waals surface area contributed by atoms with Crippen molar-refractivity contribution in [2.45, 2.75) is 53.0 Å². The highest BCUT2D eigenvalue weighted by molar-refractivity contribution is 5.80. The average Bonchev–Trinajstić information content (AvgIpc) is 2.37. The van der Waals surface area contributed by atoms with Crippen molar-refractivity contribution in [3.63, 3.8) is 0 Å². The summed E-state index contributed by atoms with van der Waals surface area (Å²) in [6.07, 6.45) is 0.475. The Morgan fingerprint density at radius 2 is 2.00 bits per heavy atom. The zero-order valence-electron chi connectivity index (χ0n) is 13.0. The topological polar surface area (TPSA) is 87.6 Å². The molecule has 0 saturated heterocycles. The number of hydrogen-bond acceptors (Lipinski definition) is 5. The van der Waals surface area contributed by atoms with E-state index in [1.165, 1.54) is 0 Å². The van der Waals surface area contributed by atoms with Crippen LogP contribution >= 0.6 is 0 Å². The second kappa shape index (κ2) is 7.07. The molecule has 0 atom stereocenters. The van der Waals surface area contributed by atoms with Gasteiger partial charge in [0.15, 0.2) is 0 Å². The number of aryl methyl sites for hydroxylation is 1. The molecule has 6 heteroatoms. The quantitative estimate of drug-likeness (QED) is 0.361. The van der Waals surface area contributed by atoms with Crippen molar-refractivity contribution in [1.29, 1.82) is 0 Å². The molecule has 0 aromatic carbocycles. The van der Waals surface area contributed by atoms with Crippen molar-refractivity contribution in [3.05, 3.63) is 17.5 Å². The summed E-state index contributed by atoms with van der Waals surface area (Å²) in [5.41, 5.74) is 7.52. The Labute approximate surface area is 120 Å². The number of oxime groups is 1. The molecule has 1 heterocycles. The van der Waals surface area contributed by atoms with Gasteiger partial charge >= 0.3 is 0 Å². The van der Waals surface area contributed by atoms with Gasteiger partial charge in [0.05, 0.1) is 0 Å². The van der Waals surface area contributed by atoms with Gasteiger partial charge in [0, 0.05) is 30.4 Å². The molecular formula is C14H25N5O. The molecule has 0 aliphatic rings. The molecule has 0 saturated carbocycles. The van der Waals surface area contributed by atoms with E-state index in [0.717, 1.165) is 11.4 Å². The van der Waals surface area contributed by atoms with Gasteiger partial charge in [0.1, 0.15) is 5.84 Å². The van der Waals surface area contributed by atoms with Crippen molar-refractivity contribution in [2.24, 2.45) is 10.9 Å². The molecule has 20 heavy (non-hydrogen) atoms.